The second-order valence-electron chi connectivity index (χ2n) is 3.76. The Morgan fingerprint density at radius 3 is 2.40 bits per heavy atom. The summed E-state index contributed by atoms with van der Waals surface area (Å²) in [5.74, 6) is -0.219. The molecule has 0 saturated heterocycles. The van der Waals surface area contributed by atoms with Gasteiger partial charge in [0.2, 0.25) is 0 Å². The minimum Gasteiger partial charge on any atom is -0.395 e. The van der Waals surface area contributed by atoms with Crippen LogP contribution in [-0.2, 0) is 0 Å². The molecule has 2 nitrogen and oxygen atoms in total. The van der Waals surface area contributed by atoms with Gasteiger partial charge in [0.1, 0.15) is 5.82 Å². The van der Waals surface area contributed by atoms with Gasteiger partial charge in [-0.3, -0.25) is 0 Å². The van der Waals surface area contributed by atoms with Gasteiger partial charge in [-0.15, -0.1) is 0 Å². The van der Waals surface area contributed by atoms with Crippen LogP contribution in [0.4, 0.5) is 4.39 Å². The van der Waals surface area contributed by atoms with Crippen LogP contribution in [0.2, 0.25) is 0 Å². The molecule has 0 amide bonds. The molecule has 1 rings (SSSR count). The molecule has 0 radical (unpaired) electrons. The normalized spacial score (nSPS) is 14.9. The van der Waals surface area contributed by atoms with Crippen LogP contribution in [-0.4, -0.2) is 17.8 Å². The average molecular weight is 211 g/mol. The predicted molar refractivity (Wildman–Crippen MR) is 59.1 cm³/mol. The summed E-state index contributed by atoms with van der Waals surface area (Å²) in [6.07, 6.45) is 0.913. The largest absolute Gasteiger partial charge is 0.395 e. The van der Waals surface area contributed by atoms with Gasteiger partial charge in [0.05, 0.1) is 6.61 Å². The SMILES string of the molecule is CC[C@H](N[C@@H](C)CO)c1ccc(F)cc1. The summed E-state index contributed by atoms with van der Waals surface area (Å²) in [5.41, 5.74) is 1.05. The van der Waals surface area contributed by atoms with Crippen LogP contribution in [0.25, 0.3) is 0 Å². The molecule has 1 aromatic rings. The molecule has 0 aromatic heterocycles. The third-order valence-corrected chi connectivity index (χ3v) is 2.44. The topological polar surface area (TPSA) is 32.3 Å². The van der Waals surface area contributed by atoms with E-state index in [4.69, 9.17) is 5.11 Å². The second kappa shape index (κ2) is 5.83. The first-order valence-corrected chi connectivity index (χ1v) is 5.29. The summed E-state index contributed by atoms with van der Waals surface area (Å²) in [4.78, 5) is 0. The van der Waals surface area contributed by atoms with Gasteiger partial charge in [-0.2, -0.15) is 0 Å². The fourth-order valence-electron chi connectivity index (χ4n) is 1.54. The Morgan fingerprint density at radius 1 is 1.33 bits per heavy atom. The predicted octanol–water partition coefficient (Wildman–Crippen LogP) is 2.25. The van der Waals surface area contributed by atoms with Gasteiger partial charge in [0.25, 0.3) is 0 Å². The van der Waals surface area contributed by atoms with Gasteiger partial charge >= 0.3 is 0 Å². The van der Waals surface area contributed by atoms with Crippen LogP contribution in [0.5, 0.6) is 0 Å². The number of hydrogen-bond acceptors (Lipinski definition) is 2. The van der Waals surface area contributed by atoms with Crippen LogP contribution in [0.15, 0.2) is 24.3 Å². The van der Waals surface area contributed by atoms with Gasteiger partial charge in [-0.1, -0.05) is 19.1 Å². The van der Waals surface area contributed by atoms with Gasteiger partial charge in [0, 0.05) is 12.1 Å². The molecule has 0 heterocycles. The highest BCUT2D eigenvalue weighted by atomic mass is 19.1. The molecule has 15 heavy (non-hydrogen) atoms. The third-order valence-electron chi connectivity index (χ3n) is 2.44. The molecule has 2 N–H and O–H groups in total. The lowest BCUT2D eigenvalue weighted by Gasteiger charge is -2.21. The highest BCUT2D eigenvalue weighted by Crippen LogP contribution is 2.17. The Kier molecular flexibility index (Phi) is 4.72. The fraction of sp³-hybridized carbons (Fsp3) is 0.500. The van der Waals surface area contributed by atoms with Gasteiger partial charge in [-0.25, -0.2) is 4.39 Å². The van der Waals surface area contributed by atoms with Crippen molar-refractivity contribution < 1.29 is 9.50 Å². The lowest BCUT2D eigenvalue weighted by Crippen LogP contribution is -2.32. The first kappa shape index (κ1) is 12.1. The van der Waals surface area contributed by atoms with E-state index in [1.165, 1.54) is 12.1 Å². The van der Waals surface area contributed by atoms with Crippen molar-refractivity contribution in [1.82, 2.24) is 5.32 Å². The van der Waals surface area contributed by atoms with Crippen LogP contribution >= 0.6 is 0 Å². The second-order valence-corrected chi connectivity index (χ2v) is 3.76. The summed E-state index contributed by atoms with van der Waals surface area (Å²) in [7, 11) is 0. The number of benzene rings is 1. The quantitative estimate of drug-likeness (QED) is 0.783. The zero-order valence-corrected chi connectivity index (χ0v) is 9.20. The Bertz CT molecular complexity index is 286. The number of aliphatic hydroxyl groups is 1. The molecular weight excluding hydrogens is 193 g/mol. The summed E-state index contributed by atoms with van der Waals surface area (Å²) < 4.78 is 12.7. The maximum Gasteiger partial charge on any atom is 0.123 e. The average Bonchev–Trinajstić information content (AvgIpc) is 2.27. The summed E-state index contributed by atoms with van der Waals surface area (Å²) >= 11 is 0. The van der Waals surface area contributed by atoms with Crippen molar-refractivity contribution in [1.29, 1.82) is 0 Å². The zero-order valence-electron chi connectivity index (χ0n) is 9.20. The van der Waals surface area contributed by atoms with E-state index in [2.05, 4.69) is 12.2 Å². The smallest absolute Gasteiger partial charge is 0.123 e. The van der Waals surface area contributed by atoms with E-state index in [9.17, 15) is 4.39 Å². The third kappa shape index (κ3) is 3.61. The van der Waals surface area contributed by atoms with Crippen LogP contribution < -0.4 is 5.32 Å². The van der Waals surface area contributed by atoms with Crippen molar-refractivity contribution in [3.05, 3.63) is 35.6 Å². The lowest BCUT2D eigenvalue weighted by molar-refractivity contribution is 0.239. The number of hydrogen-bond donors (Lipinski definition) is 2. The Labute approximate surface area is 90.1 Å². The monoisotopic (exact) mass is 211 g/mol. The Hall–Kier alpha value is -0.930. The molecule has 0 bridgehead atoms. The molecular formula is C12H18FNO. The molecule has 0 fully saturated rings. The highest BCUT2D eigenvalue weighted by molar-refractivity contribution is 5.19. The first-order valence-electron chi connectivity index (χ1n) is 5.29. The Morgan fingerprint density at radius 2 is 1.93 bits per heavy atom. The molecule has 0 aliphatic rings. The maximum absolute atomic E-state index is 12.7. The molecule has 84 valence electrons. The van der Waals surface area contributed by atoms with Crippen molar-refractivity contribution in [3.8, 4) is 0 Å². The summed E-state index contributed by atoms with van der Waals surface area (Å²) in [6, 6.07) is 6.71. The minimum absolute atomic E-state index is 0.0556. The molecule has 2 atom stereocenters. The molecule has 3 heteroatoms. The van der Waals surface area contributed by atoms with Crippen LogP contribution in [0, 0.1) is 5.82 Å². The molecule has 0 aliphatic heterocycles. The van der Waals surface area contributed by atoms with E-state index in [1.807, 2.05) is 6.92 Å². The van der Waals surface area contributed by atoms with Crippen molar-refractivity contribution in [2.75, 3.05) is 6.61 Å². The molecule has 0 unspecified atom stereocenters. The van der Waals surface area contributed by atoms with Gasteiger partial charge in [-0.05, 0) is 31.0 Å². The van der Waals surface area contributed by atoms with E-state index in [0.717, 1.165) is 12.0 Å². The number of nitrogens with one attached hydrogen (secondary N) is 1. The fourth-order valence-corrected chi connectivity index (χ4v) is 1.54. The standard InChI is InChI=1S/C12H18FNO/c1-3-12(14-9(2)8-15)10-4-6-11(13)7-5-10/h4-7,9,12,14-15H,3,8H2,1-2H3/t9-,12-/m0/s1. The van der Waals surface area contributed by atoms with Gasteiger partial charge in [0.15, 0.2) is 0 Å². The van der Waals surface area contributed by atoms with E-state index in [-0.39, 0.29) is 24.5 Å². The van der Waals surface area contributed by atoms with E-state index in [0.29, 0.717) is 0 Å². The zero-order chi connectivity index (χ0) is 11.3. The highest BCUT2D eigenvalue weighted by Gasteiger charge is 2.11. The summed E-state index contributed by atoms with van der Waals surface area (Å²) in [6.45, 7) is 4.09. The van der Waals surface area contributed by atoms with E-state index >= 15 is 0 Å². The first-order chi connectivity index (χ1) is 7.17. The molecule has 0 aliphatic carbocycles. The minimum atomic E-state index is -0.219. The van der Waals surface area contributed by atoms with Gasteiger partial charge < -0.3 is 10.4 Å². The van der Waals surface area contributed by atoms with Crippen molar-refractivity contribution in [3.63, 3.8) is 0 Å². The number of rotatable bonds is 5. The molecule has 0 spiro atoms. The molecule has 0 saturated carbocycles. The van der Waals surface area contributed by atoms with Crippen molar-refractivity contribution >= 4 is 0 Å². The van der Waals surface area contributed by atoms with Crippen LogP contribution in [0.3, 0.4) is 0 Å². The maximum atomic E-state index is 12.7. The lowest BCUT2D eigenvalue weighted by atomic mass is 10.0. The Balaban J connectivity index is 2.69. The van der Waals surface area contributed by atoms with Crippen molar-refractivity contribution in [2.24, 2.45) is 0 Å². The number of halogens is 1. The molecule has 1 aromatic carbocycles. The number of aliphatic hydroxyl groups excluding tert-OH is 1. The van der Waals surface area contributed by atoms with E-state index in [1.54, 1.807) is 12.1 Å². The van der Waals surface area contributed by atoms with Crippen LogP contribution in [0.1, 0.15) is 31.9 Å². The van der Waals surface area contributed by atoms with E-state index < -0.39 is 0 Å². The summed E-state index contributed by atoms with van der Waals surface area (Å²) in [5, 5.41) is 12.2. The van der Waals surface area contributed by atoms with Crippen molar-refractivity contribution in [2.45, 2.75) is 32.4 Å².